The summed E-state index contributed by atoms with van der Waals surface area (Å²) in [6.45, 7) is 4.40. The van der Waals surface area contributed by atoms with Gasteiger partial charge in [0.05, 0.1) is 12.5 Å². The fourth-order valence-electron chi connectivity index (χ4n) is 2.06. The van der Waals surface area contributed by atoms with E-state index in [9.17, 15) is 4.79 Å². The van der Waals surface area contributed by atoms with Gasteiger partial charge in [0, 0.05) is 10.7 Å². The van der Waals surface area contributed by atoms with Crippen molar-refractivity contribution in [2.24, 2.45) is 11.0 Å². The van der Waals surface area contributed by atoms with Crippen molar-refractivity contribution in [2.75, 3.05) is 0 Å². The first-order chi connectivity index (χ1) is 8.11. The molecule has 2 rings (SSSR count). The lowest BCUT2D eigenvalue weighted by molar-refractivity contribution is -0.132. The molecule has 1 aliphatic rings. The summed E-state index contributed by atoms with van der Waals surface area (Å²) < 4.78 is 0. The molecule has 1 aromatic rings. The van der Waals surface area contributed by atoms with E-state index in [0.29, 0.717) is 11.6 Å². The fourth-order valence-corrected chi connectivity index (χ4v) is 2.27. The Labute approximate surface area is 106 Å². The van der Waals surface area contributed by atoms with Gasteiger partial charge in [-0.15, -0.1) is 0 Å². The molecule has 1 aliphatic heterocycles. The normalized spacial score (nSPS) is 19.7. The molecule has 0 spiro atoms. The third-order valence-electron chi connectivity index (χ3n) is 2.96. The summed E-state index contributed by atoms with van der Waals surface area (Å²) in [6, 6.07) is 7.51. The second-order valence-electron chi connectivity index (χ2n) is 4.23. The van der Waals surface area contributed by atoms with Gasteiger partial charge in [0.2, 0.25) is 0 Å². The molecular formula is C13H15ClN2O. The van der Waals surface area contributed by atoms with Crippen LogP contribution in [-0.4, -0.2) is 16.6 Å². The van der Waals surface area contributed by atoms with E-state index in [4.69, 9.17) is 11.6 Å². The highest BCUT2D eigenvalue weighted by atomic mass is 35.5. The molecule has 0 saturated heterocycles. The lowest BCUT2D eigenvalue weighted by atomic mass is 10.0. The summed E-state index contributed by atoms with van der Waals surface area (Å²) in [5, 5.41) is 6.52. The van der Waals surface area contributed by atoms with Crippen molar-refractivity contribution in [3.8, 4) is 0 Å². The van der Waals surface area contributed by atoms with Crippen molar-refractivity contribution in [2.45, 2.75) is 26.8 Å². The summed E-state index contributed by atoms with van der Waals surface area (Å²) >= 11 is 5.91. The number of hydrazone groups is 1. The molecule has 1 atom stereocenters. The third kappa shape index (κ3) is 2.50. The molecule has 0 saturated carbocycles. The number of amides is 1. The van der Waals surface area contributed by atoms with Gasteiger partial charge in [-0.2, -0.15) is 5.10 Å². The van der Waals surface area contributed by atoms with Crippen molar-refractivity contribution in [3.63, 3.8) is 0 Å². The molecule has 4 heteroatoms. The van der Waals surface area contributed by atoms with Crippen molar-refractivity contribution in [3.05, 3.63) is 34.9 Å². The van der Waals surface area contributed by atoms with Gasteiger partial charge in [-0.3, -0.25) is 4.79 Å². The van der Waals surface area contributed by atoms with E-state index < -0.39 is 0 Å². The number of halogens is 1. The van der Waals surface area contributed by atoms with E-state index in [-0.39, 0.29) is 11.8 Å². The molecule has 0 aliphatic carbocycles. The van der Waals surface area contributed by atoms with Crippen LogP contribution in [0.4, 0.5) is 0 Å². The Kier molecular flexibility index (Phi) is 3.48. The maximum absolute atomic E-state index is 12.0. The Morgan fingerprint density at radius 3 is 2.82 bits per heavy atom. The number of hydrogen-bond acceptors (Lipinski definition) is 2. The summed E-state index contributed by atoms with van der Waals surface area (Å²) in [7, 11) is 0. The lowest BCUT2D eigenvalue weighted by Gasteiger charge is -2.13. The molecule has 1 aromatic carbocycles. The predicted octanol–water partition coefficient (Wildman–Crippen LogP) is 3.08. The number of carbonyl (C=O) groups is 1. The van der Waals surface area contributed by atoms with Crippen LogP contribution in [0, 0.1) is 5.92 Å². The minimum atomic E-state index is -0.0471. The molecule has 1 heterocycles. The Balaban J connectivity index is 2.13. The first kappa shape index (κ1) is 12.1. The minimum absolute atomic E-state index is 0.0471. The molecule has 90 valence electrons. The fraction of sp³-hybridized carbons (Fsp3) is 0.385. The first-order valence-corrected chi connectivity index (χ1v) is 6.10. The second kappa shape index (κ2) is 4.88. The van der Waals surface area contributed by atoms with Gasteiger partial charge >= 0.3 is 0 Å². The summed E-state index contributed by atoms with van der Waals surface area (Å²) in [4.78, 5) is 12.0. The molecule has 0 fully saturated rings. The standard InChI is InChI=1S/C13H15ClN2O/c1-3-12-9(2)15-16(13(12)17)8-10-5-4-6-11(14)7-10/h4-7,12H,3,8H2,1-2H3. The largest absolute Gasteiger partial charge is 0.272 e. The zero-order valence-electron chi connectivity index (χ0n) is 9.98. The van der Waals surface area contributed by atoms with E-state index in [1.54, 1.807) is 0 Å². The van der Waals surface area contributed by atoms with Gasteiger partial charge < -0.3 is 0 Å². The maximum Gasteiger partial charge on any atom is 0.251 e. The van der Waals surface area contributed by atoms with Crippen LogP contribution in [0.3, 0.4) is 0 Å². The molecule has 3 nitrogen and oxygen atoms in total. The van der Waals surface area contributed by atoms with Gasteiger partial charge in [0.25, 0.3) is 5.91 Å². The SMILES string of the molecule is CCC1C(=O)N(Cc2cccc(Cl)c2)N=C1C. The zero-order valence-corrected chi connectivity index (χ0v) is 10.7. The number of carbonyl (C=O) groups excluding carboxylic acids is 1. The van der Waals surface area contributed by atoms with Gasteiger partial charge in [-0.05, 0) is 31.0 Å². The molecule has 0 bridgehead atoms. The van der Waals surface area contributed by atoms with Gasteiger partial charge in [-0.1, -0.05) is 30.7 Å². The average Bonchev–Trinajstić information content (AvgIpc) is 2.54. The number of nitrogens with zero attached hydrogens (tertiary/aromatic N) is 2. The number of benzene rings is 1. The topological polar surface area (TPSA) is 32.7 Å². The van der Waals surface area contributed by atoms with E-state index in [1.165, 1.54) is 5.01 Å². The molecule has 0 N–H and O–H groups in total. The van der Waals surface area contributed by atoms with Crippen LogP contribution < -0.4 is 0 Å². The highest BCUT2D eigenvalue weighted by Gasteiger charge is 2.31. The monoisotopic (exact) mass is 250 g/mol. The Bertz CT molecular complexity index is 470. The van der Waals surface area contributed by atoms with Gasteiger partial charge in [0.15, 0.2) is 0 Å². The molecule has 0 aromatic heterocycles. The summed E-state index contributed by atoms with van der Waals surface area (Å²) in [5.74, 6) is 0.0409. The quantitative estimate of drug-likeness (QED) is 0.811. The number of rotatable bonds is 3. The highest BCUT2D eigenvalue weighted by Crippen LogP contribution is 2.21. The molecule has 1 unspecified atom stereocenters. The van der Waals surface area contributed by atoms with E-state index in [2.05, 4.69) is 5.10 Å². The van der Waals surface area contributed by atoms with Gasteiger partial charge in [-0.25, -0.2) is 5.01 Å². The van der Waals surface area contributed by atoms with Crippen LogP contribution in [0.2, 0.25) is 5.02 Å². The predicted molar refractivity (Wildman–Crippen MR) is 68.9 cm³/mol. The lowest BCUT2D eigenvalue weighted by Crippen LogP contribution is -2.26. The minimum Gasteiger partial charge on any atom is -0.272 e. The molecule has 1 amide bonds. The van der Waals surface area contributed by atoms with Crippen LogP contribution in [0.25, 0.3) is 0 Å². The van der Waals surface area contributed by atoms with E-state index >= 15 is 0 Å². The summed E-state index contributed by atoms with van der Waals surface area (Å²) in [6.07, 6.45) is 0.806. The maximum atomic E-state index is 12.0. The smallest absolute Gasteiger partial charge is 0.251 e. The molecular weight excluding hydrogens is 236 g/mol. The van der Waals surface area contributed by atoms with Crippen molar-refractivity contribution < 1.29 is 4.79 Å². The highest BCUT2D eigenvalue weighted by molar-refractivity contribution is 6.30. The van der Waals surface area contributed by atoms with Crippen molar-refractivity contribution >= 4 is 23.2 Å². The zero-order chi connectivity index (χ0) is 12.4. The molecule has 0 radical (unpaired) electrons. The first-order valence-electron chi connectivity index (χ1n) is 5.72. The Hall–Kier alpha value is -1.35. The van der Waals surface area contributed by atoms with Gasteiger partial charge in [0.1, 0.15) is 0 Å². The van der Waals surface area contributed by atoms with E-state index in [0.717, 1.165) is 17.7 Å². The van der Waals surface area contributed by atoms with Crippen molar-refractivity contribution in [1.82, 2.24) is 5.01 Å². The van der Waals surface area contributed by atoms with Crippen LogP contribution in [0.5, 0.6) is 0 Å². The number of hydrogen-bond donors (Lipinski definition) is 0. The average molecular weight is 251 g/mol. The molecule has 17 heavy (non-hydrogen) atoms. The van der Waals surface area contributed by atoms with Crippen molar-refractivity contribution in [1.29, 1.82) is 0 Å². The second-order valence-corrected chi connectivity index (χ2v) is 4.66. The Morgan fingerprint density at radius 1 is 1.47 bits per heavy atom. The van der Waals surface area contributed by atoms with Crippen LogP contribution in [0.1, 0.15) is 25.8 Å². The Morgan fingerprint density at radius 2 is 2.24 bits per heavy atom. The summed E-state index contributed by atoms with van der Waals surface area (Å²) in [5.41, 5.74) is 1.90. The van der Waals surface area contributed by atoms with E-state index in [1.807, 2.05) is 38.1 Å². The van der Waals surface area contributed by atoms with Crippen LogP contribution >= 0.6 is 11.6 Å². The third-order valence-corrected chi connectivity index (χ3v) is 3.20. The van der Waals surface area contributed by atoms with Crippen LogP contribution in [0.15, 0.2) is 29.4 Å². The van der Waals surface area contributed by atoms with Crippen LogP contribution in [-0.2, 0) is 11.3 Å².